The third-order valence-electron chi connectivity index (χ3n) is 2.91. The average molecular weight is 270 g/mol. The van der Waals surface area contributed by atoms with Gasteiger partial charge in [0.25, 0.3) is 0 Å². The Bertz CT molecular complexity index is 583. The van der Waals surface area contributed by atoms with Gasteiger partial charge in [0.05, 0.1) is 18.0 Å². The predicted molar refractivity (Wildman–Crippen MR) is 66.9 cm³/mol. The number of primary amides is 1. The lowest BCUT2D eigenvalue weighted by Gasteiger charge is -2.19. The van der Waals surface area contributed by atoms with Gasteiger partial charge < -0.3 is 10.8 Å². The van der Waals surface area contributed by atoms with Crippen molar-refractivity contribution in [1.82, 2.24) is 0 Å². The first-order valence-electron chi connectivity index (χ1n) is 5.50. The molecule has 0 aromatic heterocycles. The van der Waals surface area contributed by atoms with E-state index in [4.69, 9.17) is 10.8 Å². The Balaban J connectivity index is 2.43. The number of rotatable bonds is 4. The highest BCUT2D eigenvalue weighted by molar-refractivity contribution is 7.92. The highest BCUT2D eigenvalue weighted by atomic mass is 32.2. The maximum Gasteiger partial charge on any atom is 0.248 e. The molecule has 0 spiro atoms. The van der Waals surface area contributed by atoms with E-state index in [0.717, 1.165) is 5.56 Å². The molecule has 1 aromatic rings. The fourth-order valence-corrected chi connectivity index (χ4v) is 3.31. The van der Waals surface area contributed by atoms with E-state index in [1.165, 1.54) is 10.4 Å². The zero-order valence-corrected chi connectivity index (χ0v) is 10.5. The van der Waals surface area contributed by atoms with Crippen molar-refractivity contribution in [2.75, 3.05) is 23.2 Å². The number of sulfonamides is 1. The lowest BCUT2D eigenvalue weighted by molar-refractivity contribution is 0.100. The van der Waals surface area contributed by atoms with Crippen molar-refractivity contribution >= 4 is 21.6 Å². The summed E-state index contributed by atoms with van der Waals surface area (Å²) in [6.07, 6.45) is 0.596. The molecule has 98 valence electrons. The number of fused-ring (bicyclic) bond motifs is 1. The van der Waals surface area contributed by atoms with E-state index in [-0.39, 0.29) is 11.3 Å². The zero-order chi connectivity index (χ0) is 13.3. The highest BCUT2D eigenvalue weighted by Crippen LogP contribution is 2.31. The van der Waals surface area contributed by atoms with Gasteiger partial charge in [0.15, 0.2) is 0 Å². The number of anilines is 1. The van der Waals surface area contributed by atoms with Gasteiger partial charge in [0.1, 0.15) is 0 Å². The number of aliphatic hydroxyl groups is 1. The number of aliphatic hydroxyl groups excluding tert-OH is 1. The van der Waals surface area contributed by atoms with E-state index in [1.54, 1.807) is 12.1 Å². The fraction of sp³-hybridized carbons (Fsp3) is 0.364. The molecule has 0 aliphatic carbocycles. The van der Waals surface area contributed by atoms with E-state index < -0.39 is 22.5 Å². The molecular weight excluding hydrogens is 256 g/mol. The van der Waals surface area contributed by atoms with Crippen molar-refractivity contribution in [3.63, 3.8) is 0 Å². The van der Waals surface area contributed by atoms with Gasteiger partial charge in [0.2, 0.25) is 15.9 Å². The third-order valence-corrected chi connectivity index (χ3v) is 4.66. The van der Waals surface area contributed by atoms with Gasteiger partial charge in [-0.05, 0) is 24.1 Å². The van der Waals surface area contributed by atoms with Crippen LogP contribution in [0.15, 0.2) is 18.2 Å². The molecule has 2 rings (SSSR count). The van der Waals surface area contributed by atoms with Crippen LogP contribution in [0.2, 0.25) is 0 Å². The highest BCUT2D eigenvalue weighted by Gasteiger charge is 2.29. The van der Waals surface area contributed by atoms with Crippen LogP contribution in [-0.4, -0.2) is 38.3 Å². The van der Waals surface area contributed by atoms with Gasteiger partial charge in [-0.3, -0.25) is 9.10 Å². The van der Waals surface area contributed by atoms with Crippen LogP contribution in [0.1, 0.15) is 15.9 Å². The Hall–Kier alpha value is -1.60. The molecule has 1 aliphatic rings. The summed E-state index contributed by atoms with van der Waals surface area (Å²) in [5, 5.41) is 8.77. The average Bonchev–Trinajstić information content (AvgIpc) is 2.71. The van der Waals surface area contributed by atoms with E-state index >= 15 is 0 Å². The normalized spacial score (nSPS) is 14.6. The lowest BCUT2D eigenvalue weighted by Crippen LogP contribution is -2.32. The Morgan fingerprint density at radius 1 is 1.44 bits per heavy atom. The van der Waals surface area contributed by atoms with Gasteiger partial charge in [-0.2, -0.15) is 0 Å². The summed E-state index contributed by atoms with van der Waals surface area (Å²) in [5.74, 6) is -0.919. The minimum Gasteiger partial charge on any atom is -0.395 e. The second kappa shape index (κ2) is 4.58. The number of benzene rings is 1. The third kappa shape index (κ3) is 2.19. The van der Waals surface area contributed by atoms with Crippen LogP contribution >= 0.6 is 0 Å². The first-order valence-corrected chi connectivity index (χ1v) is 7.10. The van der Waals surface area contributed by atoms with E-state index in [9.17, 15) is 13.2 Å². The van der Waals surface area contributed by atoms with E-state index in [1.807, 2.05) is 0 Å². The molecule has 0 saturated carbocycles. The van der Waals surface area contributed by atoms with Gasteiger partial charge in [-0.25, -0.2) is 8.42 Å². The molecule has 1 heterocycles. The van der Waals surface area contributed by atoms with Crippen molar-refractivity contribution < 1.29 is 18.3 Å². The summed E-state index contributed by atoms with van der Waals surface area (Å²) < 4.78 is 25.1. The van der Waals surface area contributed by atoms with Gasteiger partial charge >= 0.3 is 0 Å². The number of carbonyl (C=O) groups is 1. The topological polar surface area (TPSA) is 101 Å². The number of hydrogen-bond donors (Lipinski definition) is 2. The standard InChI is InChI=1S/C11H14N2O4S/c12-11(15)9-2-1-8-3-4-13(10(8)7-9)18(16,17)6-5-14/h1-2,7,14H,3-6H2,(H2,12,15). The molecule has 0 atom stereocenters. The Morgan fingerprint density at radius 3 is 2.78 bits per heavy atom. The quantitative estimate of drug-likeness (QED) is 0.768. The van der Waals surface area contributed by atoms with Gasteiger partial charge in [0, 0.05) is 12.1 Å². The van der Waals surface area contributed by atoms with Crippen LogP contribution in [0.4, 0.5) is 5.69 Å². The summed E-state index contributed by atoms with van der Waals surface area (Å²) in [6, 6.07) is 4.78. The first kappa shape index (κ1) is 12.8. The molecule has 0 unspecified atom stereocenters. The number of hydrogen-bond acceptors (Lipinski definition) is 4. The predicted octanol–water partition coefficient (Wildman–Crippen LogP) is -0.530. The summed E-state index contributed by atoms with van der Waals surface area (Å²) in [7, 11) is -3.53. The maximum atomic E-state index is 11.9. The van der Waals surface area contributed by atoms with Crippen molar-refractivity contribution in [1.29, 1.82) is 0 Å². The SMILES string of the molecule is NC(=O)c1ccc2c(c1)N(S(=O)(=O)CCO)CC2. The van der Waals surface area contributed by atoms with Crippen LogP contribution < -0.4 is 10.0 Å². The molecule has 6 nitrogen and oxygen atoms in total. The molecule has 0 saturated heterocycles. The van der Waals surface area contributed by atoms with Crippen molar-refractivity contribution in [2.24, 2.45) is 5.73 Å². The minimum absolute atomic E-state index is 0.278. The maximum absolute atomic E-state index is 11.9. The minimum atomic E-state index is -3.53. The Kier molecular flexibility index (Phi) is 3.27. The second-order valence-corrected chi connectivity index (χ2v) is 6.08. The molecular formula is C11H14N2O4S. The Labute approximate surface area is 105 Å². The van der Waals surface area contributed by atoms with Crippen LogP contribution in [0.5, 0.6) is 0 Å². The molecule has 1 amide bonds. The van der Waals surface area contributed by atoms with Crippen molar-refractivity contribution in [2.45, 2.75) is 6.42 Å². The van der Waals surface area contributed by atoms with Crippen LogP contribution in [0.25, 0.3) is 0 Å². The van der Waals surface area contributed by atoms with Crippen molar-refractivity contribution in [3.8, 4) is 0 Å². The molecule has 0 bridgehead atoms. The fourth-order valence-electron chi connectivity index (χ4n) is 2.02. The first-order chi connectivity index (χ1) is 8.45. The van der Waals surface area contributed by atoms with E-state index in [2.05, 4.69) is 0 Å². The number of carbonyl (C=O) groups excluding carboxylic acids is 1. The largest absolute Gasteiger partial charge is 0.395 e. The molecule has 3 N–H and O–H groups in total. The summed E-state index contributed by atoms with van der Waals surface area (Å²) >= 11 is 0. The molecule has 1 aliphatic heterocycles. The Morgan fingerprint density at radius 2 is 2.17 bits per heavy atom. The molecule has 18 heavy (non-hydrogen) atoms. The van der Waals surface area contributed by atoms with Crippen LogP contribution in [0, 0.1) is 0 Å². The summed E-state index contributed by atoms with van der Waals surface area (Å²) in [4.78, 5) is 11.1. The second-order valence-electron chi connectivity index (χ2n) is 4.07. The molecule has 0 radical (unpaired) electrons. The summed E-state index contributed by atoms with van der Waals surface area (Å²) in [5.41, 5.74) is 6.80. The molecule has 7 heteroatoms. The smallest absolute Gasteiger partial charge is 0.248 e. The number of nitrogens with zero attached hydrogens (tertiary/aromatic N) is 1. The van der Waals surface area contributed by atoms with Gasteiger partial charge in [-0.1, -0.05) is 6.07 Å². The van der Waals surface area contributed by atoms with Gasteiger partial charge in [-0.15, -0.1) is 0 Å². The summed E-state index contributed by atoms with van der Waals surface area (Å²) in [6.45, 7) is -0.0937. The van der Waals surface area contributed by atoms with Crippen LogP contribution in [0.3, 0.4) is 0 Å². The number of amides is 1. The zero-order valence-electron chi connectivity index (χ0n) is 9.67. The molecule has 1 aromatic carbocycles. The lowest BCUT2D eigenvalue weighted by atomic mass is 10.1. The van der Waals surface area contributed by atoms with E-state index in [0.29, 0.717) is 18.7 Å². The number of nitrogens with two attached hydrogens (primary N) is 1. The van der Waals surface area contributed by atoms with Crippen molar-refractivity contribution in [3.05, 3.63) is 29.3 Å². The van der Waals surface area contributed by atoms with Crippen LogP contribution in [-0.2, 0) is 16.4 Å². The monoisotopic (exact) mass is 270 g/mol. The molecule has 0 fully saturated rings.